The lowest BCUT2D eigenvalue weighted by Gasteiger charge is -2.29. The molecule has 0 spiro atoms. The molecule has 200 valence electrons. The van der Waals surface area contributed by atoms with E-state index in [1.54, 1.807) is 6.07 Å². The highest BCUT2D eigenvalue weighted by Gasteiger charge is 2.26. The maximum Gasteiger partial charge on any atom is 0.323 e. The minimum Gasteiger partial charge on any atom is -0.384 e. The van der Waals surface area contributed by atoms with Gasteiger partial charge in [0.05, 0.1) is 0 Å². The van der Waals surface area contributed by atoms with Crippen LogP contribution in [0.4, 0.5) is 9.59 Å². The van der Waals surface area contributed by atoms with Crippen LogP contribution in [0.5, 0.6) is 0 Å². The average Bonchev–Trinajstić information content (AvgIpc) is 3.27. The van der Waals surface area contributed by atoms with Gasteiger partial charge in [0, 0.05) is 35.1 Å². The summed E-state index contributed by atoms with van der Waals surface area (Å²) < 4.78 is 1.99. The first-order valence-corrected chi connectivity index (χ1v) is 12.9. The van der Waals surface area contributed by atoms with E-state index in [0.29, 0.717) is 43.5 Å². The third kappa shape index (κ3) is 5.69. The van der Waals surface area contributed by atoms with Gasteiger partial charge >= 0.3 is 12.1 Å². The number of amidine groups is 1. The summed E-state index contributed by atoms with van der Waals surface area (Å²) in [5.74, 6) is -0.214. The minimum absolute atomic E-state index is 0.0318. The normalized spacial score (nSPS) is 17.0. The standard InChI is InChI=1S/C29H31N7O3/c30-26(31)19-9-8-18-14-25(27(37)33-21-10-12-22(13-11-21)34-29(39)35-28(32)38)36(24(18)15-19)16-20-6-3-5-17-4-1-2-7-23(17)20/h1-9,14-15,21-22H,10-13,16H2,(H3,30,31)(H,33,37)(H4,32,34,35,38,39)/t21-,22-. The van der Waals surface area contributed by atoms with E-state index in [1.807, 2.05) is 46.3 Å². The van der Waals surface area contributed by atoms with Crippen LogP contribution in [0.3, 0.4) is 0 Å². The molecule has 39 heavy (non-hydrogen) atoms. The van der Waals surface area contributed by atoms with Crippen LogP contribution in [-0.4, -0.2) is 40.5 Å². The molecule has 0 unspecified atom stereocenters. The van der Waals surface area contributed by atoms with Crippen LogP contribution in [0.25, 0.3) is 21.7 Å². The number of hydrogen-bond donors (Lipinski definition) is 6. The predicted molar refractivity (Wildman–Crippen MR) is 151 cm³/mol. The fraction of sp³-hybridized carbons (Fsp3) is 0.241. The van der Waals surface area contributed by atoms with E-state index in [4.69, 9.17) is 16.9 Å². The maximum absolute atomic E-state index is 13.6. The van der Waals surface area contributed by atoms with Gasteiger partial charge in [-0.1, -0.05) is 54.6 Å². The van der Waals surface area contributed by atoms with E-state index in [0.717, 1.165) is 27.2 Å². The Morgan fingerprint density at radius 3 is 2.26 bits per heavy atom. The molecule has 5 amide bonds. The van der Waals surface area contributed by atoms with Gasteiger partial charge in [0.15, 0.2) is 0 Å². The second-order valence-electron chi connectivity index (χ2n) is 9.93. The smallest absolute Gasteiger partial charge is 0.323 e. The number of hydrogen-bond acceptors (Lipinski definition) is 4. The summed E-state index contributed by atoms with van der Waals surface area (Å²) in [5.41, 5.74) is 13.8. The summed E-state index contributed by atoms with van der Waals surface area (Å²) >= 11 is 0. The molecule has 0 atom stereocenters. The highest BCUT2D eigenvalue weighted by molar-refractivity contribution is 6.02. The molecule has 5 rings (SSSR count). The molecule has 0 aliphatic heterocycles. The molecule has 4 aromatic rings. The Morgan fingerprint density at radius 1 is 0.846 bits per heavy atom. The predicted octanol–water partition coefficient (Wildman–Crippen LogP) is 3.55. The van der Waals surface area contributed by atoms with Crippen LogP contribution in [-0.2, 0) is 6.54 Å². The molecule has 1 aliphatic rings. The van der Waals surface area contributed by atoms with Crippen molar-refractivity contribution in [2.45, 2.75) is 44.3 Å². The lowest BCUT2D eigenvalue weighted by Crippen LogP contribution is -2.49. The second kappa shape index (κ2) is 10.9. The number of nitrogen functional groups attached to an aromatic ring is 1. The number of carbonyl (C=O) groups is 3. The Morgan fingerprint density at radius 2 is 1.54 bits per heavy atom. The van der Waals surface area contributed by atoms with Gasteiger partial charge in [0.25, 0.3) is 5.91 Å². The highest BCUT2D eigenvalue weighted by Crippen LogP contribution is 2.27. The van der Waals surface area contributed by atoms with Crippen molar-refractivity contribution < 1.29 is 14.4 Å². The molecule has 10 nitrogen and oxygen atoms in total. The molecule has 8 N–H and O–H groups in total. The first kappa shape index (κ1) is 25.8. The number of benzene rings is 3. The van der Waals surface area contributed by atoms with Crippen LogP contribution in [0.2, 0.25) is 0 Å². The topological polar surface area (TPSA) is 168 Å². The SMILES string of the molecule is N=C(N)c1ccc2cc(C(=O)N[C@H]3CC[C@H](NC(=O)NC(N)=O)CC3)n(Cc3cccc4ccccc34)c2c1. The number of carbonyl (C=O) groups excluding carboxylic acids is 3. The fourth-order valence-corrected chi connectivity index (χ4v) is 5.36. The summed E-state index contributed by atoms with van der Waals surface area (Å²) in [6.07, 6.45) is 2.70. The number of nitrogens with one attached hydrogen (secondary N) is 4. The first-order chi connectivity index (χ1) is 18.8. The Kier molecular flexibility index (Phi) is 7.18. The molecule has 0 radical (unpaired) electrons. The van der Waals surface area contributed by atoms with Crippen molar-refractivity contribution in [3.63, 3.8) is 0 Å². The Labute approximate surface area is 225 Å². The van der Waals surface area contributed by atoms with Crippen molar-refractivity contribution in [1.29, 1.82) is 5.41 Å². The van der Waals surface area contributed by atoms with E-state index in [1.165, 1.54) is 0 Å². The van der Waals surface area contributed by atoms with Crippen LogP contribution in [0.15, 0.2) is 66.7 Å². The van der Waals surface area contributed by atoms with Gasteiger partial charge in [0.1, 0.15) is 11.5 Å². The van der Waals surface area contributed by atoms with Crippen LogP contribution in [0, 0.1) is 5.41 Å². The molecule has 1 saturated carbocycles. The van der Waals surface area contributed by atoms with Gasteiger partial charge in [-0.2, -0.15) is 0 Å². The van der Waals surface area contributed by atoms with Crippen molar-refractivity contribution in [1.82, 2.24) is 20.5 Å². The Bertz CT molecular complexity index is 1580. The van der Waals surface area contributed by atoms with E-state index in [-0.39, 0.29) is 23.8 Å². The van der Waals surface area contributed by atoms with E-state index < -0.39 is 12.1 Å². The molecule has 3 aromatic carbocycles. The number of aromatic nitrogens is 1. The fourth-order valence-electron chi connectivity index (χ4n) is 5.36. The first-order valence-electron chi connectivity index (χ1n) is 12.9. The van der Waals surface area contributed by atoms with Crippen LogP contribution < -0.4 is 27.4 Å². The van der Waals surface area contributed by atoms with E-state index in [2.05, 4.69) is 34.9 Å². The quantitative estimate of drug-likeness (QED) is 0.167. The molecule has 0 bridgehead atoms. The van der Waals surface area contributed by atoms with Crippen molar-refractivity contribution >= 4 is 45.5 Å². The molecule has 1 aromatic heterocycles. The monoisotopic (exact) mass is 525 g/mol. The molecule has 0 saturated heterocycles. The summed E-state index contributed by atoms with van der Waals surface area (Å²) in [7, 11) is 0. The largest absolute Gasteiger partial charge is 0.384 e. The summed E-state index contributed by atoms with van der Waals surface area (Å²) in [5, 5.41) is 19.0. The third-order valence-corrected chi connectivity index (χ3v) is 7.29. The Hall–Kier alpha value is -4.86. The van der Waals surface area contributed by atoms with Gasteiger partial charge in [-0.05, 0) is 54.2 Å². The lowest BCUT2D eigenvalue weighted by atomic mass is 9.91. The number of urea groups is 2. The number of amides is 5. The molecule has 1 fully saturated rings. The van der Waals surface area contributed by atoms with Crippen molar-refractivity contribution in [2.75, 3.05) is 0 Å². The summed E-state index contributed by atoms with van der Waals surface area (Å²) in [6, 6.07) is 20.0. The zero-order chi connectivity index (χ0) is 27.5. The molecule has 10 heteroatoms. The van der Waals surface area contributed by atoms with Crippen LogP contribution >= 0.6 is 0 Å². The second-order valence-corrected chi connectivity index (χ2v) is 9.93. The van der Waals surface area contributed by atoms with Crippen molar-refractivity contribution in [3.8, 4) is 0 Å². The Balaban J connectivity index is 1.39. The molecular weight excluding hydrogens is 494 g/mol. The average molecular weight is 526 g/mol. The number of rotatable bonds is 6. The van der Waals surface area contributed by atoms with Crippen molar-refractivity contribution in [2.24, 2.45) is 11.5 Å². The zero-order valence-electron chi connectivity index (χ0n) is 21.4. The summed E-state index contributed by atoms with van der Waals surface area (Å²) in [6.45, 7) is 0.473. The maximum atomic E-state index is 13.6. The van der Waals surface area contributed by atoms with Crippen molar-refractivity contribution in [3.05, 3.63) is 83.6 Å². The molecular formula is C29H31N7O3. The van der Waals surface area contributed by atoms with Crippen LogP contribution in [0.1, 0.15) is 47.3 Å². The molecule has 1 heterocycles. The number of primary amides is 1. The molecule has 1 aliphatic carbocycles. The third-order valence-electron chi connectivity index (χ3n) is 7.29. The van der Waals surface area contributed by atoms with Gasteiger partial charge in [-0.3, -0.25) is 15.5 Å². The van der Waals surface area contributed by atoms with E-state index >= 15 is 0 Å². The van der Waals surface area contributed by atoms with Gasteiger partial charge < -0.3 is 26.7 Å². The van der Waals surface area contributed by atoms with E-state index in [9.17, 15) is 14.4 Å². The minimum atomic E-state index is -0.900. The van der Waals surface area contributed by atoms with Gasteiger partial charge in [-0.15, -0.1) is 0 Å². The van der Waals surface area contributed by atoms with Gasteiger partial charge in [0.2, 0.25) is 0 Å². The number of imide groups is 1. The van der Waals surface area contributed by atoms with Gasteiger partial charge in [-0.25, -0.2) is 9.59 Å². The lowest BCUT2D eigenvalue weighted by molar-refractivity contribution is 0.0915. The number of fused-ring (bicyclic) bond motifs is 2. The zero-order valence-corrected chi connectivity index (χ0v) is 21.4. The number of nitrogens with two attached hydrogens (primary N) is 2. The number of nitrogens with zero attached hydrogens (tertiary/aromatic N) is 1. The highest BCUT2D eigenvalue weighted by atomic mass is 16.2. The summed E-state index contributed by atoms with van der Waals surface area (Å²) in [4.78, 5) is 36.3.